The van der Waals surface area contributed by atoms with Gasteiger partial charge in [-0.25, -0.2) is 4.39 Å². The van der Waals surface area contributed by atoms with Crippen LogP contribution in [-0.2, 0) is 4.79 Å². The molecule has 1 aromatic rings. The Morgan fingerprint density at radius 3 is 2.54 bits per heavy atom. The molecule has 1 aliphatic carbocycles. The van der Waals surface area contributed by atoms with Crippen LogP contribution in [0.1, 0.15) is 43.2 Å². The van der Waals surface area contributed by atoms with Crippen molar-refractivity contribution in [2.45, 2.75) is 51.2 Å². The molecule has 1 radical (unpaired) electrons. The van der Waals surface area contributed by atoms with E-state index < -0.39 is 23.9 Å². The molecule has 3 saturated heterocycles. The molecule has 5 rings (SSSR count). The molecule has 0 saturated carbocycles. The fourth-order valence-electron chi connectivity index (χ4n) is 6.52. The van der Waals surface area contributed by atoms with Crippen LogP contribution in [0.5, 0.6) is 0 Å². The minimum absolute atomic E-state index is 0.00724. The second-order valence-electron chi connectivity index (χ2n) is 10.9. The van der Waals surface area contributed by atoms with Gasteiger partial charge in [-0.15, -0.1) is 0 Å². The van der Waals surface area contributed by atoms with Gasteiger partial charge in [-0.3, -0.25) is 4.79 Å². The second-order valence-corrected chi connectivity index (χ2v) is 10.9. The number of benzene rings is 1. The summed E-state index contributed by atoms with van der Waals surface area (Å²) in [5.41, 5.74) is 1.73. The molecular formula is C28H34F4N3O2. The first-order valence-corrected chi connectivity index (χ1v) is 13.1. The van der Waals surface area contributed by atoms with Crippen molar-refractivity contribution < 1.29 is 27.5 Å². The highest BCUT2D eigenvalue weighted by molar-refractivity contribution is 6.06. The van der Waals surface area contributed by atoms with Crippen LogP contribution in [0.15, 0.2) is 35.1 Å². The molecule has 37 heavy (non-hydrogen) atoms. The van der Waals surface area contributed by atoms with Crippen molar-refractivity contribution in [2.24, 2.45) is 11.8 Å². The molecule has 1 aromatic carbocycles. The maximum atomic E-state index is 14.7. The lowest BCUT2D eigenvalue weighted by molar-refractivity contribution is -0.181. The highest BCUT2D eigenvalue weighted by Crippen LogP contribution is 2.50. The van der Waals surface area contributed by atoms with E-state index in [4.69, 9.17) is 0 Å². The minimum Gasteiger partial charge on any atom is -0.507 e. The Balaban J connectivity index is 1.67. The fourth-order valence-corrected chi connectivity index (χ4v) is 6.52. The van der Waals surface area contributed by atoms with E-state index >= 15 is 0 Å². The van der Waals surface area contributed by atoms with Crippen molar-refractivity contribution in [1.29, 1.82) is 0 Å². The van der Waals surface area contributed by atoms with E-state index in [0.717, 1.165) is 48.9 Å². The van der Waals surface area contributed by atoms with Gasteiger partial charge in [0.25, 0.3) is 5.91 Å². The predicted molar refractivity (Wildman–Crippen MR) is 133 cm³/mol. The van der Waals surface area contributed by atoms with Crippen LogP contribution in [0.4, 0.5) is 17.6 Å². The Morgan fingerprint density at radius 2 is 1.89 bits per heavy atom. The van der Waals surface area contributed by atoms with Crippen molar-refractivity contribution in [1.82, 2.24) is 15.1 Å². The maximum Gasteiger partial charge on any atom is 0.408 e. The highest BCUT2D eigenvalue weighted by atomic mass is 19.4. The summed E-state index contributed by atoms with van der Waals surface area (Å²) in [6.07, 6.45) is -2.44. The number of carbonyl (C=O) groups is 1. The van der Waals surface area contributed by atoms with Crippen LogP contribution >= 0.6 is 0 Å². The maximum absolute atomic E-state index is 14.7. The Morgan fingerprint density at radius 1 is 1.14 bits per heavy atom. The van der Waals surface area contributed by atoms with Gasteiger partial charge in [0.15, 0.2) is 0 Å². The van der Waals surface area contributed by atoms with Crippen LogP contribution in [0.25, 0.3) is 5.57 Å². The average molecular weight is 521 g/mol. The van der Waals surface area contributed by atoms with Crippen LogP contribution < -0.4 is 5.32 Å². The molecular weight excluding hydrogens is 486 g/mol. The van der Waals surface area contributed by atoms with Crippen LogP contribution in [-0.4, -0.2) is 72.8 Å². The molecule has 3 aliphatic heterocycles. The number of hydrogen-bond donors (Lipinski definition) is 2. The monoisotopic (exact) mass is 520 g/mol. The third-order valence-corrected chi connectivity index (χ3v) is 8.46. The highest BCUT2D eigenvalue weighted by Gasteiger charge is 2.50. The lowest BCUT2D eigenvalue weighted by Crippen LogP contribution is -2.50. The number of piperidine rings is 1. The Bertz CT molecular complexity index is 1120. The number of allylic oxidation sites excluding steroid dienone is 1. The van der Waals surface area contributed by atoms with Crippen molar-refractivity contribution >= 4 is 11.5 Å². The third-order valence-electron chi connectivity index (χ3n) is 8.46. The summed E-state index contributed by atoms with van der Waals surface area (Å²) in [5.74, 6) is -0.215. The molecule has 4 aliphatic rings. The first kappa shape index (κ1) is 26.2. The summed E-state index contributed by atoms with van der Waals surface area (Å²) >= 11 is 0. The van der Waals surface area contributed by atoms with Gasteiger partial charge >= 0.3 is 6.18 Å². The summed E-state index contributed by atoms with van der Waals surface area (Å²) in [5, 5.41) is 15.3. The molecule has 2 N–H and O–H groups in total. The second kappa shape index (κ2) is 10.1. The molecule has 0 spiro atoms. The molecule has 201 valence electrons. The lowest BCUT2D eigenvalue weighted by Gasteiger charge is -2.46. The van der Waals surface area contributed by atoms with Crippen molar-refractivity contribution in [3.8, 4) is 0 Å². The number of amides is 1. The zero-order valence-electron chi connectivity index (χ0n) is 21.3. The van der Waals surface area contributed by atoms with Crippen molar-refractivity contribution in [2.75, 3.05) is 39.8 Å². The molecule has 9 heteroatoms. The summed E-state index contributed by atoms with van der Waals surface area (Å²) in [4.78, 5) is 17.0. The van der Waals surface area contributed by atoms with E-state index in [1.54, 1.807) is 13.0 Å². The van der Waals surface area contributed by atoms with Gasteiger partial charge in [-0.2, -0.15) is 13.2 Å². The zero-order chi connectivity index (χ0) is 26.5. The number of likely N-dealkylation sites (tertiary alicyclic amines) is 2. The topological polar surface area (TPSA) is 55.8 Å². The molecule has 3 heterocycles. The fraction of sp³-hybridized carbons (Fsp3) is 0.571. The number of hydrogen-bond acceptors (Lipinski definition) is 4. The van der Waals surface area contributed by atoms with Gasteiger partial charge in [0.05, 0.1) is 0 Å². The summed E-state index contributed by atoms with van der Waals surface area (Å²) in [6, 6.07) is 2.60. The number of rotatable bonds is 4. The van der Waals surface area contributed by atoms with E-state index in [-0.39, 0.29) is 60.1 Å². The number of aliphatic hydroxyl groups excluding tert-OH is 1. The van der Waals surface area contributed by atoms with E-state index in [1.165, 1.54) is 12.1 Å². The van der Waals surface area contributed by atoms with Gasteiger partial charge in [-0.05, 0) is 87.2 Å². The quantitative estimate of drug-likeness (QED) is 0.561. The van der Waals surface area contributed by atoms with Gasteiger partial charge in [0, 0.05) is 43.2 Å². The molecule has 5 nitrogen and oxygen atoms in total. The van der Waals surface area contributed by atoms with Crippen LogP contribution in [0.2, 0.25) is 0 Å². The predicted octanol–water partition coefficient (Wildman–Crippen LogP) is 4.79. The van der Waals surface area contributed by atoms with Crippen molar-refractivity contribution in [3.63, 3.8) is 0 Å². The lowest BCUT2D eigenvalue weighted by atomic mass is 9.67. The van der Waals surface area contributed by atoms with Crippen LogP contribution in [0, 0.1) is 30.5 Å². The van der Waals surface area contributed by atoms with Gasteiger partial charge < -0.3 is 20.2 Å². The van der Waals surface area contributed by atoms with E-state index in [2.05, 4.69) is 10.2 Å². The standard InChI is InChI=1S/C28H34F4N3O2/c1-16-19(7-3-8-22(16)29)25-21(27(37)35-11-5-9-23(35)28(30,31)32)12-20(18-14-34(2)15-18)24(26(25)36)17-6-4-10-33-13-17/h3,7-8,17-18,23,33,36H,4-6,9-15H2,1-2H3/t17?,23-/m0/s1. The largest absolute Gasteiger partial charge is 0.507 e. The van der Waals surface area contributed by atoms with Gasteiger partial charge in [0.2, 0.25) is 0 Å². The molecule has 0 bridgehead atoms. The van der Waals surface area contributed by atoms with E-state index in [1.807, 2.05) is 7.05 Å². The molecule has 2 atom stereocenters. The van der Waals surface area contributed by atoms with Crippen LogP contribution in [0.3, 0.4) is 0 Å². The number of carbonyl (C=O) groups excluding carboxylic acids is 1. The van der Waals surface area contributed by atoms with Gasteiger partial charge in [-0.1, -0.05) is 12.1 Å². The number of nitrogens with zero attached hydrogens (tertiary/aromatic N) is 2. The zero-order valence-corrected chi connectivity index (χ0v) is 21.3. The van der Waals surface area contributed by atoms with E-state index in [9.17, 15) is 27.5 Å². The number of aliphatic hydroxyl groups is 1. The first-order valence-electron chi connectivity index (χ1n) is 13.1. The minimum atomic E-state index is -4.53. The summed E-state index contributed by atoms with van der Waals surface area (Å²) < 4.78 is 56.2. The summed E-state index contributed by atoms with van der Waals surface area (Å²) in [7, 11) is 1.99. The Labute approximate surface area is 215 Å². The smallest absolute Gasteiger partial charge is 0.408 e. The Kier molecular flexibility index (Phi) is 7.13. The average Bonchev–Trinajstić information content (AvgIpc) is 3.35. The van der Waals surface area contributed by atoms with Crippen molar-refractivity contribution in [3.05, 3.63) is 58.0 Å². The van der Waals surface area contributed by atoms with Gasteiger partial charge in [0.1, 0.15) is 17.6 Å². The summed E-state index contributed by atoms with van der Waals surface area (Å²) in [6.45, 7) is 4.66. The molecule has 1 unspecified atom stereocenters. The van der Waals surface area contributed by atoms with E-state index in [0.29, 0.717) is 12.1 Å². The third kappa shape index (κ3) is 4.80. The number of nitrogens with one attached hydrogen (secondary N) is 1. The molecule has 0 aromatic heterocycles. The molecule has 3 fully saturated rings. The molecule has 1 amide bonds. The normalized spacial score (nSPS) is 26.7. The first-order chi connectivity index (χ1) is 17.6. The number of halogens is 4. The SMILES string of the molecule is Cc1c(F)cccc1C1=C(C(=O)N2CCC[C@H]2C(F)(F)F)C[C](C2CN(C)C2)C(C2CCCNC2)=C1O. The Hall–Kier alpha value is -2.39. The number of alkyl halides is 3.